The molecule has 2 aromatic rings. The minimum Gasteiger partial charge on any atom is -0.481 e. The predicted molar refractivity (Wildman–Crippen MR) is 93.7 cm³/mol. The molecule has 0 unspecified atom stereocenters. The van der Waals surface area contributed by atoms with Gasteiger partial charge in [0.25, 0.3) is 5.91 Å². The molecular weight excluding hydrogens is 358 g/mol. The van der Waals surface area contributed by atoms with Crippen LogP contribution in [0, 0.1) is 5.92 Å². The summed E-state index contributed by atoms with van der Waals surface area (Å²) in [5, 5.41) is 11.3. The van der Waals surface area contributed by atoms with E-state index in [0.717, 1.165) is 5.56 Å². The van der Waals surface area contributed by atoms with Crippen LogP contribution in [0.5, 0.6) is 0 Å². The maximum absolute atomic E-state index is 12.5. The minimum absolute atomic E-state index is 0.0604. The second kappa shape index (κ2) is 7.69. The number of hydrogen-bond donors (Lipinski definition) is 1. The van der Waals surface area contributed by atoms with E-state index in [1.165, 1.54) is 22.5 Å². The zero-order valence-electron chi connectivity index (χ0n) is 14.3. The van der Waals surface area contributed by atoms with Crippen molar-refractivity contribution in [1.82, 2.24) is 14.8 Å². The molecule has 9 heteroatoms. The number of aliphatic carboxylic acids is 1. The monoisotopic (exact) mass is 377 g/mol. The lowest BCUT2D eigenvalue weighted by Gasteiger charge is -2.31. The Kier molecular flexibility index (Phi) is 5.36. The highest BCUT2D eigenvalue weighted by Crippen LogP contribution is 2.24. The van der Waals surface area contributed by atoms with Crippen molar-refractivity contribution < 1.29 is 23.9 Å². The first-order valence-corrected chi connectivity index (χ1v) is 9.08. The second-order valence-electron chi connectivity index (χ2n) is 6.20. The lowest BCUT2D eigenvalue weighted by atomic mass is 9.97. The molecule has 8 nitrogen and oxygen atoms in total. The molecule has 3 heterocycles. The normalized spacial score (nSPS) is 15.0. The van der Waals surface area contributed by atoms with E-state index < -0.39 is 11.9 Å². The van der Waals surface area contributed by atoms with Crippen LogP contribution in [0.4, 0.5) is 0 Å². The van der Waals surface area contributed by atoms with E-state index in [9.17, 15) is 14.4 Å². The van der Waals surface area contributed by atoms with Gasteiger partial charge in [0.05, 0.1) is 18.7 Å². The zero-order valence-corrected chi connectivity index (χ0v) is 15.1. The molecule has 2 amide bonds. The number of aromatic nitrogens is 1. The molecule has 2 aromatic heterocycles. The SMILES string of the molecule is CN(CC(=O)N1CCC(C(=O)O)CC1)C(=O)c1csc(-c2ccoc2)n1. The van der Waals surface area contributed by atoms with Gasteiger partial charge in [0.15, 0.2) is 0 Å². The number of amides is 2. The number of likely N-dealkylation sites (tertiary alicyclic amines) is 1. The number of carboxylic acid groups (broad SMARTS) is 1. The molecule has 1 saturated heterocycles. The lowest BCUT2D eigenvalue weighted by molar-refractivity contribution is -0.145. The quantitative estimate of drug-likeness (QED) is 0.852. The zero-order chi connectivity index (χ0) is 18.7. The van der Waals surface area contributed by atoms with Crippen molar-refractivity contribution in [1.29, 1.82) is 0 Å². The largest absolute Gasteiger partial charge is 0.481 e. The maximum Gasteiger partial charge on any atom is 0.306 e. The molecular formula is C17H19N3O5S. The molecule has 1 aliphatic rings. The molecule has 0 radical (unpaired) electrons. The highest BCUT2D eigenvalue weighted by Gasteiger charge is 2.28. The van der Waals surface area contributed by atoms with E-state index in [2.05, 4.69) is 4.98 Å². The van der Waals surface area contributed by atoms with Gasteiger partial charge >= 0.3 is 5.97 Å². The van der Waals surface area contributed by atoms with Gasteiger partial charge in [0.2, 0.25) is 5.91 Å². The number of hydrogen-bond acceptors (Lipinski definition) is 6. The molecule has 3 rings (SSSR count). The van der Waals surface area contributed by atoms with E-state index in [4.69, 9.17) is 9.52 Å². The third-order valence-electron chi connectivity index (χ3n) is 4.41. The summed E-state index contributed by atoms with van der Waals surface area (Å²) in [7, 11) is 1.56. The van der Waals surface area contributed by atoms with Crippen LogP contribution in [0.1, 0.15) is 23.3 Å². The van der Waals surface area contributed by atoms with Crippen LogP contribution in [0.3, 0.4) is 0 Å². The summed E-state index contributed by atoms with van der Waals surface area (Å²) in [5.41, 5.74) is 1.08. The van der Waals surface area contributed by atoms with Crippen LogP contribution < -0.4 is 0 Å². The molecule has 26 heavy (non-hydrogen) atoms. The van der Waals surface area contributed by atoms with Crippen LogP contribution in [-0.2, 0) is 9.59 Å². The first-order valence-electron chi connectivity index (χ1n) is 8.20. The van der Waals surface area contributed by atoms with Gasteiger partial charge in [0.1, 0.15) is 17.0 Å². The van der Waals surface area contributed by atoms with E-state index in [-0.39, 0.29) is 24.1 Å². The molecule has 0 aromatic carbocycles. The van der Waals surface area contributed by atoms with Crippen LogP contribution >= 0.6 is 11.3 Å². The first kappa shape index (κ1) is 18.1. The summed E-state index contributed by atoms with van der Waals surface area (Å²) in [5.74, 6) is -1.73. The number of thiazole rings is 1. The lowest BCUT2D eigenvalue weighted by Crippen LogP contribution is -2.45. The topological polar surface area (TPSA) is 104 Å². The Morgan fingerprint density at radius 3 is 2.73 bits per heavy atom. The van der Waals surface area contributed by atoms with E-state index in [1.807, 2.05) is 0 Å². The van der Waals surface area contributed by atoms with Gasteiger partial charge in [-0.05, 0) is 18.9 Å². The molecule has 0 aliphatic carbocycles. The molecule has 0 spiro atoms. The summed E-state index contributed by atoms with van der Waals surface area (Å²) < 4.78 is 5.01. The van der Waals surface area contributed by atoms with E-state index in [0.29, 0.717) is 30.9 Å². The van der Waals surface area contributed by atoms with Crippen molar-refractivity contribution in [3.05, 3.63) is 29.7 Å². The van der Waals surface area contributed by atoms with Gasteiger partial charge in [0, 0.05) is 31.1 Å². The van der Waals surface area contributed by atoms with Crippen molar-refractivity contribution >= 4 is 29.1 Å². The van der Waals surface area contributed by atoms with Gasteiger partial charge < -0.3 is 19.3 Å². The Morgan fingerprint density at radius 2 is 2.12 bits per heavy atom. The molecule has 0 saturated carbocycles. The molecule has 138 valence electrons. The minimum atomic E-state index is -0.818. The number of carbonyl (C=O) groups excluding carboxylic acids is 2. The molecule has 0 atom stereocenters. The molecule has 1 aliphatic heterocycles. The number of likely N-dealkylation sites (N-methyl/N-ethyl adjacent to an activating group) is 1. The van der Waals surface area contributed by atoms with Gasteiger partial charge in [-0.15, -0.1) is 11.3 Å². The fraction of sp³-hybridized carbons (Fsp3) is 0.412. The van der Waals surface area contributed by atoms with Crippen molar-refractivity contribution in [2.45, 2.75) is 12.8 Å². The van der Waals surface area contributed by atoms with Gasteiger partial charge in [-0.2, -0.15) is 0 Å². The van der Waals surface area contributed by atoms with E-state index in [1.54, 1.807) is 29.7 Å². The van der Waals surface area contributed by atoms with Crippen LogP contribution in [0.25, 0.3) is 10.6 Å². The number of nitrogens with zero attached hydrogens (tertiary/aromatic N) is 3. The summed E-state index contributed by atoms with van der Waals surface area (Å²) >= 11 is 1.33. The molecule has 0 bridgehead atoms. The molecule has 1 fully saturated rings. The Labute approximate surface area is 154 Å². The third kappa shape index (κ3) is 3.93. The van der Waals surface area contributed by atoms with Crippen molar-refractivity contribution in [2.24, 2.45) is 5.92 Å². The Bertz CT molecular complexity index is 793. The Morgan fingerprint density at radius 1 is 1.38 bits per heavy atom. The number of rotatable bonds is 5. The average molecular weight is 377 g/mol. The van der Waals surface area contributed by atoms with Crippen molar-refractivity contribution in [3.63, 3.8) is 0 Å². The Balaban J connectivity index is 1.56. The summed E-state index contributed by atoms with van der Waals surface area (Å²) in [6.45, 7) is 0.744. The maximum atomic E-state index is 12.5. The smallest absolute Gasteiger partial charge is 0.306 e. The summed E-state index contributed by atoms with van der Waals surface area (Å²) in [6.07, 6.45) is 3.98. The number of furan rings is 1. The number of carbonyl (C=O) groups is 3. The fourth-order valence-corrected chi connectivity index (χ4v) is 3.62. The summed E-state index contributed by atoms with van der Waals surface area (Å²) in [4.78, 5) is 43.1. The van der Waals surface area contributed by atoms with Crippen LogP contribution in [0.2, 0.25) is 0 Å². The average Bonchev–Trinajstić information content (AvgIpc) is 3.32. The fourth-order valence-electron chi connectivity index (χ4n) is 2.84. The van der Waals surface area contributed by atoms with Crippen LogP contribution in [0.15, 0.2) is 28.4 Å². The second-order valence-corrected chi connectivity index (χ2v) is 7.06. The highest BCUT2D eigenvalue weighted by atomic mass is 32.1. The van der Waals surface area contributed by atoms with Gasteiger partial charge in [-0.25, -0.2) is 4.98 Å². The van der Waals surface area contributed by atoms with E-state index >= 15 is 0 Å². The Hall–Kier alpha value is -2.68. The summed E-state index contributed by atoms with van der Waals surface area (Å²) in [6, 6.07) is 1.76. The molecule has 1 N–H and O–H groups in total. The highest BCUT2D eigenvalue weighted by molar-refractivity contribution is 7.13. The number of piperidine rings is 1. The van der Waals surface area contributed by atoms with Crippen LogP contribution in [-0.4, -0.2) is 64.4 Å². The van der Waals surface area contributed by atoms with Gasteiger partial charge in [-0.1, -0.05) is 0 Å². The van der Waals surface area contributed by atoms with Gasteiger partial charge in [-0.3, -0.25) is 14.4 Å². The first-order chi connectivity index (χ1) is 12.5. The van der Waals surface area contributed by atoms with Crippen molar-refractivity contribution in [3.8, 4) is 10.6 Å². The number of carboxylic acids is 1. The standard InChI is InChI=1S/C17H19N3O5S/c1-19(8-14(21)20-5-2-11(3-6-20)17(23)24)16(22)13-10-26-15(18-13)12-4-7-25-9-12/h4,7,9-11H,2-3,5-6,8H2,1H3,(H,23,24). The predicted octanol–water partition coefficient (Wildman–Crippen LogP) is 1.80. The van der Waals surface area contributed by atoms with Crippen molar-refractivity contribution in [2.75, 3.05) is 26.7 Å². The third-order valence-corrected chi connectivity index (χ3v) is 5.30.